The monoisotopic (exact) mass is 374 g/mol. The number of carbonyl (C=O) groups excluding carboxylic acids is 1. The van der Waals surface area contributed by atoms with Gasteiger partial charge in [-0.25, -0.2) is 10.8 Å². The molecule has 2 rings (SSSR count). The van der Waals surface area contributed by atoms with Crippen LogP contribution in [0.4, 0.5) is 11.5 Å². The van der Waals surface area contributed by atoms with E-state index in [1.807, 2.05) is 0 Å². The second-order valence-corrected chi connectivity index (χ2v) is 5.47. The van der Waals surface area contributed by atoms with Crippen LogP contribution in [0.25, 0.3) is 0 Å². The van der Waals surface area contributed by atoms with Crippen LogP contribution >= 0.6 is 39.1 Å². The summed E-state index contributed by atoms with van der Waals surface area (Å²) in [5, 5.41) is 3.32. The number of halogens is 3. The molecule has 1 aromatic carbocycles. The molecule has 2 aromatic rings. The molecular formula is C12H9BrCl2N4O. The molecule has 0 radical (unpaired) electrons. The Kier molecular flexibility index (Phi) is 4.82. The van der Waals surface area contributed by atoms with Crippen LogP contribution in [0.2, 0.25) is 10.0 Å². The van der Waals surface area contributed by atoms with Gasteiger partial charge in [0.15, 0.2) is 5.82 Å². The van der Waals surface area contributed by atoms with E-state index in [2.05, 4.69) is 31.7 Å². The van der Waals surface area contributed by atoms with Crippen molar-refractivity contribution in [3.05, 3.63) is 50.5 Å². The molecule has 0 saturated carbocycles. The Morgan fingerprint density at radius 2 is 1.95 bits per heavy atom. The summed E-state index contributed by atoms with van der Waals surface area (Å²) < 4.78 is 0.645. The molecule has 0 spiro atoms. The number of aromatic nitrogens is 1. The largest absolute Gasteiger partial charge is 0.319 e. The van der Waals surface area contributed by atoms with E-state index in [9.17, 15) is 4.79 Å². The lowest BCUT2D eigenvalue weighted by Crippen LogP contribution is -2.18. The molecular weight excluding hydrogens is 367 g/mol. The minimum Gasteiger partial charge on any atom is -0.319 e. The minimum absolute atomic E-state index is 0.244. The van der Waals surface area contributed by atoms with Crippen molar-refractivity contribution in [1.29, 1.82) is 0 Å². The Bertz CT molecular complexity index is 646. The minimum atomic E-state index is -0.429. The third kappa shape index (κ3) is 3.21. The van der Waals surface area contributed by atoms with Gasteiger partial charge >= 0.3 is 0 Å². The Morgan fingerprint density at radius 3 is 2.55 bits per heavy atom. The van der Waals surface area contributed by atoms with E-state index in [4.69, 9.17) is 29.0 Å². The van der Waals surface area contributed by atoms with Crippen molar-refractivity contribution >= 4 is 56.5 Å². The Hall–Kier alpha value is -1.34. The number of rotatable bonds is 3. The van der Waals surface area contributed by atoms with E-state index in [1.54, 1.807) is 24.3 Å². The lowest BCUT2D eigenvalue weighted by atomic mass is 10.2. The van der Waals surface area contributed by atoms with Gasteiger partial charge in [-0.2, -0.15) is 0 Å². The van der Waals surface area contributed by atoms with Crippen molar-refractivity contribution in [2.75, 3.05) is 10.7 Å². The smallest absolute Gasteiger partial charge is 0.259 e. The summed E-state index contributed by atoms with van der Waals surface area (Å²) >= 11 is 15.2. The van der Waals surface area contributed by atoms with Crippen LogP contribution in [0.15, 0.2) is 34.9 Å². The maximum atomic E-state index is 12.3. The number of amides is 1. The van der Waals surface area contributed by atoms with Gasteiger partial charge in [0.05, 0.1) is 21.3 Å². The highest BCUT2D eigenvalue weighted by Gasteiger charge is 2.16. The second-order valence-electron chi connectivity index (χ2n) is 3.74. The molecule has 1 amide bonds. The first-order valence-corrected chi connectivity index (χ1v) is 6.95. The highest BCUT2D eigenvalue weighted by Crippen LogP contribution is 2.30. The van der Waals surface area contributed by atoms with Gasteiger partial charge in [0.1, 0.15) is 0 Å². The van der Waals surface area contributed by atoms with E-state index in [0.29, 0.717) is 20.2 Å². The van der Waals surface area contributed by atoms with Gasteiger partial charge < -0.3 is 10.7 Å². The van der Waals surface area contributed by atoms with Crippen molar-refractivity contribution in [3.63, 3.8) is 0 Å². The quantitative estimate of drug-likeness (QED) is 0.564. The van der Waals surface area contributed by atoms with Crippen molar-refractivity contribution in [2.45, 2.75) is 0 Å². The number of benzene rings is 1. The van der Waals surface area contributed by atoms with Crippen molar-refractivity contribution in [3.8, 4) is 0 Å². The molecule has 20 heavy (non-hydrogen) atoms. The van der Waals surface area contributed by atoms with Crippen LogP contribution in [0.5, 0.6) is 0 Å². The number of pyridine rings is 1. The van der Waals surface area contributed by atoms with Gasteiger partial charge in [0.2, 0.25) is 0 Å². The summed E-state index contributed by atoms with van der Waals surface area (Å²) in [6, 6.07) is 6.53. The number of anilines is 2. The zero-order valence-corrected chi connectivity index (χ0v) is 13.1. The average molecular weight is 376 g/mol. The molecule has 0 aliphatic rings. The number of nitrogen functional groups attached to an aromatic ring is 1. The molecule has 1 heterocycles. The fraction of sp³-hybridized carbons (Fsp3) is 0. The molecule has 4 N–H and O–H groups in total. The summed E-state index contributed by atoms with van der Waals surface area (Å²) in [5.74, 6) is 5.15. The molecule has 0 atom stereocenters. The maximum absolute atomic E-state index is 12.3. The molecule has 1 aromatic heterocycles. The average Bonchev–Trinajstić information content (AvgIpc) is 2.43. The lowest BCUT2D eigenvalue weighted by molar-refractivity contribution is 0.102. The summed E-state index contributed by atoms with van der Waals surface area (Å²) in [6.45, 7) is 0. The number of nitrogens with zero attached hydrogens (tertiary/aromatic N) is 1. The van der Waals surface area contributed by atoms with Crippen molar-refractivity contribution < 1.29 is 4.79 Å². The van der Waals surface area contributed by atoms with E-state index in [-0.39, 0.29) is 11.4 Å². The van der Waals surface area contributed by atoms with Crippen LogP contribution in [-0.4, -0.2) is 10.9 Å². The molecule has 0 saturated heterocycles. The molecule has 0 unspecified atom stereocenters. The number of nitrogens with two attached hydrogens (primary N) is 1. The van der Waals surface area contributed by atoms with Crippen molar-refractivity contribution in [1.82, 2.24) is 4.98 Å². The number of carbonyl (C=O) groups is 1. The normalized spacial score (nSPS) is 10.2. The molecule has 8 heteroatoms. The Labute approximate surface area is 133 Å². The molecule has 0 bridgehead atoms. The fourth-order valence-electron chi connectivity index (χ4n) is 1.53. The number of para-hydroxylation sites is 1. The lowest BCUT2D eigenvalue weighted by Gasteiger charge is -2.11. The molecule has 0 fully saturated rings. The summed E-state index contributed by atoms with van der Waals surface area (Å²) in [5.41, 5.74) is 2.96. The zero-order chi connectivity index (χ0) is 14.7. The van der Waals surface area contributed by atoms with Crippen LogP contribution in [-0.2, 0) is 0 Å². The van der Waals surface area contributed by atoms with Gasteiger partial charge in [-0.15, -0.1) is 0 Å². The number of hydrogen-bond donors (Lipinski definition) is 3. The predicted molar refractivity (Wildman–Crippen MR) is 84.2 cm³/mol. The topological polar surface area (TPSA) is 80.0 Å². The number of nitrogens with one attached hydrogen (secondary N) is 2. The SMILES string of the molecule is NNc1ncc(Br)cc1C(=O)Nc1c(Cl)cccc1Cl. The van der Waals surface area contributed by atoms with Crippen LogP contribution < -0.4 is 16.6 Å². The van der Waals surface area contributed by atoms with Crippen LogP contribution in [0, 0.1) is 0 Å². The zero-order valence-electron chi connectivity index (χ0n) is 9.95. The van der Waals surface area contributed by atoms with Crippen molar-refractivity contribution in [2.24, 2.45) is 5.84 Å². The predicted octanol–water partition coefficient (Wildman–Crippen LogP) is 3.69. The van der Waals surface area contributed by atoms with E-state index < -0.39 is 5.91 Å². The third-order valence-corrected chi connectivity index (χ3v) is 3.50. The second kappa shape index (κ2) is 6.41. The van der Waals surface area contributed by atoms with Crippen LogP contribution in [0.1, 0.15) is 10.4 Å². The first-order valence-electron chi connectivity index (χ1n) is 5.40. The standard InChI is InChI=1S/C12H9BrCl2N4O/c13-6-4-7(11(19-16)17-5-6)12(20)18-10-8(14)2-1-3-9(10)15/h1-5H,16H2,(H,17,19)(H,18,20). The third-order valence-electron chi connectivity index (χ3n) is 2.44. The summed E-state index contributed by atoms with van der Waals surface area (Å²) in [4.78, 5) is 16.3. The summed E-state index contributed by atoms with van der Waals surface area (Å²) in [6.07, 6.45) is 1.52. The van der Waals surface area contributed by atoms with Crippen LogP contribution in [0.3, 0.4) is 0 Å². The maximum Gasteiger partial charge on any atom is 0.259 e. The van der Waals surface area contributed by atoms with E-state index in [0.717, 1.165) is 0 Å². The molecule has 104 valence electrons. The molecule has 0 aliphatic carbocycles. The Morgan fingerprint density at radius 1 is 1.30 bits per heavy atom. The summed E-state index contributed by atoms with van der Waals surface area (Å²) in [7, 11) is 0. The van der Waals surface area contributed by atoms with Gasteiger partial charge in [0.25, 0.3) is 5.91 Å². The molecule has 5 nitrogen and oxygen atoms in total. The highest BCUT2D eigenvalue weighted by atomic mass is 79.9. The van der Waals surface area contributed by atoms with Gasteiger partial charge in [-0.05, 0) is 34.1 Å². The van der Waals surface area contributed by atoms with Gasteiger partial charge in [0, 0.05) is 10.7 Å². The van der Waals surface area contributed by atoms with E-state index >= 15 is 0 Å². The Balaban J connectivity index is 2.35. The first kappa shape index (κ1) is 15.1. The number of hydrogen-bond acceptors (Lipinski definition) is 4. The van der Waals surface area contributed by atoms with E-state index in [1.165, 1.54) is 6.20 Å². The van der Waals surface area contributed by atoms with Gasteiger partial charge in [-0.1, -0.05) is 29.3 Å². The number of hydrazine groups is 1. The fourth-order valence-corrected chi connectivity index (χ4v) is 2.35. The highest BCUT2D eigenvalue weighted by molar-refractivity contribution is 9.10. The molecule has 0 aliphatic heterocycles. The van der Waals surface area contributed by atoms with Gasteiger partial charge in [-0.3, -0.25) is 4.79 Å². The first-order chi connectivity index (χ1) is 9.52.